The van der Waals surface area contributed by atoms with Crippen molar-refractivity contribution < 1.29 is 0 Å². The van der Waals surface area contributed by atoms with Gasteiger partial charge in [0.2, 0.25) is 0 Å². The lowest BCUT2D eigenvalue weighted by Crippen LogP contribution is -2.40. The zero-order valence-corrected chi connectivity index (χ0v) is 10.1. The fourth-order valence-corrected chi connectivity index (χ4v) is 2.75. The van der Waals surface area contributed by atoms with Gasteiger partial charge in [-0.3, -0.25) is 0 Å². The van der Waals surface area contributed by atoms with Crippen LogP contribution < -0.4 is 11.1 Å². The van der Waals surface area contributed by atoms with Gasteiger partial charge in [-0.1, -0.05) is 13.3 Å². The SMILES string of the molecule is CC(CNCCC1(CN)CCC1)C1CC1. The van der Waals surface area contributed by atoms with E-state index in [9.17, 15) is 0 Å². The van der Waals surface area contributed by atoms with Crippen molar-refractivity contribution >= 4 is 0 Å². The van der Waals surface area contributed by atoms with E-state index < -0.39 is 0 Å². The largest absolute Gasteiger partial charge is 0.330 e. The van der Waals surface area contributed by atoms with E-state index >= 15 is 0 Å². The first kappa shape index (κ1) is 11.4. The summed E-state index contributed by atoms with van der Waals surface area (Å²) in [6, 6.07) is 0. The zero-order valence-electron chi connectivity index (χ0n) is 10.1. The van der Waals surface area contributed by atoms with Crippen LogP contribution in [0.1, 0.15) is 45.4 Å². The monoisotopic (exact) mass is 210 g/mol. The van der Waals surface area contributed by atoms with Crippen molar-refractivity contribution in [1.82, 2.24) is 5.32 Å². The molecule has 0 bridgehead atoms. The Morgan fingerprint density at radius 3 is 2.60 bits per heavy atom. The first-order chi connectivity index (χ1) is 7.26. The summed E-state index contributed by atoms with van der Waals surface area (Å²) in [6.07, 6.45) is 8.36. The van der Waals surface area contributed by atoms with Gasteiger partial charge in [-0.15, -0.1) is 0 Å². The van der Waals surface area contributed by atoms with Crippen LogP contribution in [0.2, 0.25) is 0 Å². The molecule has 0 aromatic rings. The lowest BCUT2D eigenvalue weighted by molar-refractivity contribution is 0.130. The molecule has 3 N–H and O–H groups in total. The summed E-state index contributed by atoms with van der Waals surface area (Å²) >= 11 is 0. The maximum atomic E-state index is 5.84. The van der Waals surface area contributed by atoms with Crippen molar-refractivity contribution in [3.63, 3.8) is 0 Å². The van der Waals surface area contributed by atoms with Crippen LogP contribution >= 0.6 is 0 Å². The van der Waals surface area contributed by atoms with Crippen molar-refractivity contribution in [3.05, 3.63) is 0 Å². The molecule has 1 unspecified atom stereocenters. The summed E-state index contributed by atoms with van der Waals surface area (Å²) < 4.78 is 0. The Bertz CT molecular complexity index is 189. The molecule has 2 rings (SSSR count). The summed E-state index contributed by atoms with van der Waals surface area (Å²) in [5.41, 5.74) is 6.36. The standard InChI is InChI=1S/C13H26N2/c1-11(12-3-4-12)9-15-8-7-13(10-14)5-2-6-13/h11-12,15H,2-10,14H2,1H3. The number of hydrogen-bond acceptors (Lipinski definition) is 2. The van der Waals surface area contributed by atoms with Gasteiger partial charge in [0.05, 0.1) is 0 Å². The molecule has 2 heteroatoms. The van der Waals surface area contributed by atoms with Gasteiger partial charge in [-0.05, 0) is 69.0 Å². The van der Waals surface area contributed by atoms with Gasteiger partial charge in [-0.25, -0.2) is 0 Å². The maximum absolute atomic E-state index is 5.84. The highest BCUT2D eigenvalue weighted by Gasteiger charge is 2.34. The lowest BCUT2D eigenvalue weighted by atomic mass is 9.67. The van der Waals surface area contributed by atoms with Crippen LogP contribution in [0.4, 0.5) is 0 Å². The third-order valence-corrected chi connectivity index (χ3v) is 4.57. The molecule has 0 aromatic heterocycles. The summed E-state index contributed by atoms with van der Waals surface area (Å²) in [4.78, 5) is 0. The van der Waals surface area contributed by atoms with Crippen LogP contribution in [0, 0.1) is 17.3 Å². The van der Waals surface area contributed by atoms with E-state index in [2.05, 4.69) is 12.2 Å². The Labute approximate surface area is 94.0 Å². The highest BCUT2D eigenvalue weighted by molar-refractivity contribution is 4.89. The summed E-state index contributed by atoms with van der Waals surface area (Å²) in [6.45, 7) is 5.67. The van der Waals surface area contributed by atoms with E-state index in [0.717, 1.165) is 18.4 Å². The average molecular weight is 210 g/mol. The summed E-state index contributed by atoms with van der Waals surface area (Å²) in [5.74, 6) is 1.92. The molecule has 15 heavy (non-hydrogen) atoms. The molecule has 0 spiro atoms. The fraction of sp³-hybridized carbons (Fsp3) is 1.00. The van der Waals surface area contributed by atoms with Gasteiger partial charge in [0.1, 0.15) is 0 Å². The van der Waals surface area contributed by atoms with Gasteiger partial charge >= 0.3 is 0 Å². The molecule has 88 valence electrons. The highest BCUT2D eigenvalue weighted by Crippen LogP contribution is 2.42. The molecular weight excluding hydrogens is 184 g/mol. The van der Waals surface area contributed by atoms with Gasteiger partial charge < -0.3 is 11.1 Å². The van der Waals surface area contributed by atoms with Crippen LogP contribution in [0.15, 0.2) is 0 Å². The molecule has 0 heterocycles. The van der Waals surface area contributed by atoms with E-state index in [1.807, 2.05) is 0 Å². The molecule has 0 saturated heterocycles. The minimum atomic E-state index is 0.524. The molecule has 2 aliphatic rings. The predicted molar refractivity (Wildman–Crippen MR) is 64.7 cm³/mol. The number of hydrogen-bond donors (Lipinski definition) is 2. The Balaban J connectivity index is 1.54. The second-order valence-electron chi connectivity index (χ2n) is 5.83. The second-order valence-corrected chi connectivity index (χ2v) is 5.83. The molecule has 2 saturated carbocycles. The predicted octanol–water partition coefficient (Wildman–Crippen LogP) is 2.14. The van der Waals surface area contributed by atoms with Gasteiger partial charge in [-0.2, -0.15) is 0 Å². The quantitative estimate of drug-likeness (QED) is 0.632. The third-order valence-electron chi connectivity index (χ3n) is 4.57. The van der Waals surface area contributed by atoms with Crippen LogP contribution in [0.3, 0.4) is 0 Å². The van der Waals surface area contributed by atoms with Crippen LogP contribution in [0.5, 0.6) is 0 Å². The summed E-state index contributed by atoms with van der Waals surface area (Å²) in [5, 5.41) is 3.61. The molecule has 2 aliphatic carbocycles. The lowest BCUT2D eigenvalue weighted by Gasteiger charge is -2.41. The van der Waals surface area contributed by atoms with Crippen molar-refractivity contribution in [3.8, 4) is 0 Å². The maximum Gasteiger partial charge on any atom is -0.00201 e. The van der Waals surface area contributed by atoms with Gasteiger partial charge in [0, 0.05) is 0 Å². The normalized spacial score (nSPS) is 26.0. The topological polar surface area (TPSA) is 38.0 Å². The number of rotatable bonds is 7. The molecule has 2 fully saturated rings. The second kappa shape index (κ2) is 4.84. The van der Waals surface area contributed by atoms with Crippen molar-refractivity contribution in [2.24, 2.45) is 23.0 Å². The molecule has 1 atom stereocenters. The van der Waals surface area contributed by atoms with E-state index in [1.54, 1.807) is 0 Å². The first-order valence-electron chi connectivity index (χ1n) is 6.66. The minimum Gasteiger partial charge on any atom is -0.330 e. The smallest absolute Gasteiger partial charge is 0.00201 e. The summed E-state index contributed by atoms with van der Waals surface area (Å²) in [7, 11) is 0. The molecule has 0 radical (unpaired) electrons. The third kappa shape index (κ3) is 2.94. The molecule has 0 amide bonds. The van der Waals surface area contributed by atoms with Crippen LogP contribution in [-0.2, 0) is 0 Å². The van der Waals surface area contributed by atoms with Crippen molar-refractivity contribution in [2.75, 3.05) is 19.6 Å². The van der Waals surface area contributed by atoms with Crippen LogP contribution in [-0.4, -0.2) is 19.6 Å². The number of nitrogens with two attached hydrogens (primary N) is 1. The van der Waals surface area contributed by atoms with Gasteiger partial charge in [0.25, 0.3) is 0 Å². The highest BCUT2D eigenvalue weighted by atomic mass is 14.9. The Kier molecular flexibility index (Phi) is 3.68. The Hall–Kier alpha value is -0.0800. The minimum absolute atomic E-state index is 0.524. The fourth-order valence-electron chi connectivity index (χ4n) is 2.75. The Morgan fingerprint density at radius 2 is 2.13 bits per heavy atom. The molecule has 2 nitrogen and oxygen atoms in total. The Morgan fingerprint density at radius 1 is 1.40 bits per heavy atom. The van der Waals surface area contributed by atoms with E-state index in [4.69, 9.17) is 5.73 Å². The van der Waals surface area contributed by atoms with Crippen molar-refractivity contribution in [2.45, 2.75) is 45.4 Å². The van der Waals surface area contributed by atoms with Crippen molar-refractivity contribution in [1.29, 1.82) is 0 Å². The molecule has 0 aromatic carbocycles. The van der Waals surface area contributed by atoms with E-state index in [-0.39, 0.29) is 0 Å². The van der Waals surface area contributed by atoms with E-state index in [0.29, 0.717) is 5.41 Å². The van der Waals surface area contributed by atoms with Gasteiger partial charge in [0.15, 0.2) is 0 Å². The zero-order chi connectivity index (χ0) is 10.7. The average Bonchev–Trinajstić information content (AvgIpc) is 2.98. The van der Waals surface area contributed by atoms with E-state index in [1.165, 1.54) is 51.6 Å². The van der Waals surface area contributed by atoms with Crippen LogP contribution in [0.25, 0.3) is 0 Å². The number of nitrogens with one attached hydrogen (secondary N) is 1. The first-order valence-corrected chi connectivity index (χ1v) is 6.66. The molecule has 0 aliphatic heterocycles. The molecular formula is C13H26N2.